The number of azide groups is 1. The number of hydrogen-bond acceptors (Lipinski definition) is 7. The summed E-state index contributed by atoms with van der Waals surface area (Å²) in [7, 11) is 0. The van der Waals surface area contributed by atoms with Crippen molar-refractivity contribution in [2.75, 3.05) is 6.61 Å². The van der Waals surface area contributed by atoms with Crippen molar-refractivity contribution >= 4 is 0 Å². The zero-order valence-electron chi connectivity index (χ0n) is 9.97. The van der Waals surface area contributed by atoms with Crippen LogP contribution in [0.15, 0.2) is 27.1 Å². The highest BCUT2D eigenvalue weighted by Gasteiger charge is 2.44. The minimum atomic E-state index is -1.48. The summed E-state index contributed by atoms with van der Waals surface area (Å²) in [6.45, 7) is -0.556. The zero-order chi connectivity index (χ0) is 14.9. The van der Waals surface area contributed by atoms with Gasteiger partial charge in [-0.1, -0.05) is 4.68 Å². The summed E-state index contributed by atoms with van der Waals surface area (Å²) in [6, 6.07) is 0.935. The Balaban J connectivity index is 2.50. The van der Waals surface area contributed by atoms with Crippen molar-refractivity contribution in [3.63, 3.8) is 0 Å². The van der Waals surface area contributed by atoms with Crippen LogP contribution in [0.4, 0.5) is 0 Å². The molecule has 0 amide bonds. The average Bonchev–Trinajstić information content (AvgIpc) is 2.71. The van der Waals surface area contributed by atoms with Gasteiger partial charge in [0, 0.05) is 12.3 Å². The van der Waals surface area contributed by atoms with E-state index in [1.165, 1.54) is 0 Å². The third-order valence-corrected chi connectivity index (χ3v) is 2.91. The largest absolute Gasteiger partial charge is 0.428 e. The second kappa shape index (κ2) is 5.45. The van der Waals surface area contributed by atoms with Crippen molar-refractivity contribution in [1.29, 1.82) is 0 Å². The Labute approximate surface area is 110 Å². The molecule has 3 N–H and O–H groups in total. The lowest BCUT2D eigenvalue weighted by molar-refractivity contribution is -0.0555. The topological polar surface area (TPSA) is 163 Å². The minimum Gasteiger partial charge on any atom is -0.394 e. The second-order valence-electron chi connectivity index (χ2n) is 4.06. The van der Waals surface area contributed by atoms with Gasteiger partial charge in [-0.2, -0.15) is 4.91 Å². The Kier molecular flexibility index (Phi) is 3.88. The number of ether oxygens (including phenoxy) is 1. The first-order valence-electron chi connectivity index (χ1n) is 5.53. The average molecular weight is 285 g/mol. The maximum atomic E-state index is 11.9. The lowest BCUT2D eigenvalue weighted by Gasteiger charge is -2.16. The van der Waals surface area contributed by atoms with E-state index >= 15 is 0 Å². The quantitative estimate of drug-likeness (QED) is 0.321. The molecular weight excluding hydrogens is 274 g/mol. The van der Waals surface area contributed by atoms with Crippen LogP contribution in [-0.4, -0.2) is 49.5 Å². The number of aliphatic hydroxyl groups excluding tert-OH is 3. The Bertz CT molecular complexity index is 662. The molecule has 0 radical (unpaired) electrons. The van der Waals surface area contributed by atoms with E-state index in [1.54, 1.807) is 0 Å². The van der Waals surface area contributed by atoms with E-state index in [0.29, 0.717) is 0 Å². The number of aromatic nitrogens is 2. The van der Waals surface area contributed by atoms with Crippen LogP contribution in [0.2, 0.25) is 0 Å². The fourth-order valence-electron chi connectivity index (χ4n) is 1.91. The van der Waals surface area contributed by atoms with E-state index in [4.69, 9.17) is 15.4 Å². The van der Waals surface area contributed by atoms with Gasteiger partial charge in [-0.25, -0.2) is 9.59 Å². The smallest absolute Gasteiger partial charge is 0.394 e. The van der Waals surface area contributed by atoms with Gasteiger partial charge in [0.1, 0.15) is 18.3 Å². The van der Waals surface area contributed by atoms with E-state index in [0.717, 1.165) is 16.8 Å². The zero-order valence-corrected chi connectivity index (χ0v) is 9.97. The van der Waals surface area contributed by atoms with E-state index in [-0.39, 0.29) is 4.68 Å². The Morgan fingerprint density at radius 1 is 1.40 bits per heavy atom. The molecular formula is C9H11N5O6. The van der Waals surface area contributed by atoms with Crippen LogP contribution in [0, 0.1) is 0 Å². The van der Waals surface area contributed by atoms with E-state index < -0.39 is 42.4 Å². The summed E-state index contributed by atoms with van der Waals surface area (Å²) in [5.41, 5.74) is 6.41. The number of hydrogen-bond donors (Lipinski definition) is 3. The molecule has 1 aliphatic rings. The summed E-state index contributed by atoms with van der Waals surface area (Å²) in [6.07, 6.45) is -4.22. The highest BCUT2D eigenvalue weighted by atomic mass is 16.6. The van der Waals surface area contributed by atoms with Gasteiger partial charge in [0.25, 0.3) is 0 Å². The summed E-state index contributed by atoms with van der Waals surface area (Å²) in [5, 5.41) is 31.3. The number of rotatable bonds is 3. The third kappa shape index (κ3) is 2.19. The SMILES string of the molecule is [N-]=[N+]=Nn1c(=O)ccn([C@H]2O[C@@H](CO)C(O)C2O)c1=O. The van der Waals surface area contributed by atoms with Crippen molar-refractivity contribution in [2.45, 2.75) is 24.5 Å². The predicted molar refractivity (Wildman–Crippen MR) is 62.5 cm³/mol. The molecule has 2 rings (SSSR count). The monoisotopic (exact) mass is 285 g/mol. The summed E-state index contributed by atoms with van der Waals surface area (Å²) < 4.78 is 6.17. The first-order chi connectivity index (χ1) is 9.51. The van der Waals surface area contributed by atoms with Gasteiger partial charge < -0.3 is 20.1 Å². The molecule has 11 nitrogen and oxygen atoms in total. The lowest BCUT2D eigenvalue weighted by atomic mass is 10.1. The van der Waals surface area contributed by atoms with Crippen LogP contribution in [0.5, 0.6) is 0 Å². The Morgan fingerprint density at radius 2 is 2.10 bits per heavy atom. The molecule has 1 aromatic rings. The highest BCUT2D eigenvalue weighted by molar-refractivity contribution is 4.94. The molecule has 0 spiro atoms. The van der Waals surface area contributed by atoms with E-state index in [2.05, 4.69) is 10.1 Å². The molecule has 4 atom stereocenters. The van der Waals surface area contributed by atoms with Crippen LogP contribution < -0.4 is 11.2 Å². The second-order valence-corrected chi connectivity index (χ2v) is 4.06. The molecule has 1 fully saturated rings. The fourth-order valence-corrected chi connectivity index (χ4v) is 1.91. The molecule has 1 saturated heterocycles. The Hall–Kier alpha value is -2.17. The fraction of sp³-hybridized carbons (Fsp3) is 0.556. The molecule has 0 aliphatic carbocycles. The number of nitrogens with zero attached hydrogens (tertiary/aromatic N) is 5. The van der Waals surface area contributed by atoms with Crippen molar-refractivity contribution in [3.8, 4) is 0 Å². The van der Waals surface area contributed by atoms with Gasteiger partial charge >= 0.3 is 11.2 Å². The molecule has 108 valence electrons. The first kappa shape index (κ1) is 14.2. The van der Waals surface area contributed by atoms with Crippen molar-refractivity contribution in [1.82, 2.24) is 9.24 Å². The molecule has 11 heteroatoms. The van der Waals surface area contributed by atoms with Gasteiger partial charge in [-0.3, -0.25) is 4.57 Å². The first-order valence-corrected chi connectivity index (χ1v) is 5.53. The number of aliphatic hydroxyl groups is 3. The van der Waals surface area contributed by atoms with Crippen molar-refractivity contribution in [3.05, 3.63) is 43.5 Å². The summed E-state index contributed by atoms with van der Waals surface area (Å²) >= 11 is 0. The van der Waals surface area contributed by atoms with Crippen LogP contribution in [0.3, 0.4) is 0 Å². The molecule has 2 unspecified atom stereocenters. The summed E-state index contributed by atoms with van der Waals surface area (Å²) in [5.74, 6) is 0. The predicted octanol–water partition coefficient (Wildman–Crippen LogP) is -2.31. The standard InChI is InChI=1S/C9H11N5O6/c10-11-12-14-5(16)1-2-13(9(14)19)8-7(18)6(17)4(3-15)20-8/h1-2,4,6-8,15,17-18H,3H2/t4-,6?,7?,8-/m0/s1. The lowest BCUT2D eigenvalue weighted by Crippen LogP contribution is -2.41. The van der Waals surface area contributed by atoms with Gasteiger partial charge in [0.2, 0.25) is 0 Å². The summed E-state index contributed by atoms with van der Waals surface area (Å²) in [4.78, 5) is 25.6. The molecule has 1 aromatic heterocycles. The molecule has 1 aliphatic heterocycles. The molecule has 0 aromatic carbocycles. The van der Waals surface area contributed by atoms with Gasteiger partial charge in [-0.15, -0.1) is 5.53 Å². The van der Waals surface area contributed by atoms with Gasteiger partial charge in [-0.05, 0) is 5.22 Å². The van der Waals surface area contributed by atoms with Crippen molar-refractivity contribution in [2.24, 2.45) is 5.22 Å². The van der Waals surface area contributed by atoms with Crippen LogP contribution in [0.1, 0.15) is 6.23 Å². The van der Waals surface area contributed by atoms with Gasteiger partial charge in [0.15, 0.2) is 6.23 Å². The molecule has 2 heterocycles. The third-order valence-electron chi connectivity index (χ3n) is 2.91. The van der Waals surface area contributed by atoms with Crippen LogP contribution in [0.25, 0.3) is 10.4 Å². The maximum absolute atomic E-state index is 11.9. The normalized spacial score (nSPS) is 29.1. The van der Waals surface area contributed by atoms with Crippen LogP contribution >= 0.6 is 0 Å². The van der Waals surface area contributed by atoms with Crippen LogP contribution in [-0.2, 0) is 4.74 Å². The minimum absolute atomic E-state index is 0.245. The molecule has 20 heavy (non-hydrogen) atoms. The van der Waals surface area contributed by atoms with Gasteiger partial charge in [0.05, 0.1) is 6.61 Å². The molecule has 0 bridgehead atoms. The van der Waals surface area contributed by atoms with E-state index in [9.17, 15) is 19.8 Å². The Morgan fingerprint density at radius 3 is 2.65 bits per heavy atom. The van der Waals surface area contributed by atoms with Crippen molar-refractivity contribution < 1.29 is 20.1 Å². The molecule has 0 saturated carbocycles. The van der Waals surface area contributed by atoms with E-state index in [1.807, 2.05) is 0 Å². The highest BCUT2D eigenvalue weighted by Crippen LogP contribution is 2.27. The maximum Gasteiger partial charge on any atom is 0.428 e.